The first-order valence-electron chi connectivity index (χ1n) is 9.69. The summed E-state index contributed by atoms with van der Waals surface area (Å²) in [6.45, 7) is 7.12. The van der Waals surface area contributed by atoms with Crippen LogP contribution in [-0.4, -0.2) is 61.8 Å². The summed E-state index contributed by atoms with van der Waals surface area (Å²) in [5, 5.41) is 4.06. The van der Waals surface area contributed by atoms with Crippen molar-refractivity contribution in [3.63, 3.8) is 0 Å². The van der Waals surface area contributed by atoms with Crippen LogP contribution >= 0.6 is 15.9 Å². The topological polar surface area (TPSA) is 57.2 Å². The van der Waals surface area contributed by atoms with Crippen LogP contribution in [0, 0.1) is 6.92 Å². The minimum atomic E-state index is -0.0965. The predicted octanol–water partition coefficient (Wildman–Crippen LogP) is 3.03. The maximum atomic E-state index is 12.2. The van der Waals surface area contributed by atoms with E-state index in [4.69, 9.17) is 4.74 Å². The third kappa shape index (κ3) is 6.66. The number of piperazine rings is 1. The molecule has 1 aliphatic heterocycles. The van der Waals surface area contributed by atoms with E-state index >= 15 is 0 Å². The molecule has 1 saturated heterocycles. The quantitative estimate of drug-likeness (QED) is 0.511. The van der Waals surface area contributed by atoms with E-state index in [1.165, 1.54) is 11.1 Å². The first kappa shape index (κ1) is 21.5. The minimum Gasteiger partial charge on any atom is -0.496 e. The number of methoxy groups -OCH3 is 1. The van der Waals surface area contributed by atoms with Crippen LogP contribution in [0.5, 0.6) is 5.75 Å². The molecule has 154 valence electrons. The van der Waals surface area contributed by atoms with Crippen molar-refractivity contribution in [2.45, 2.75) is 13.5 Å². The first-order chi connectivity index (χ1) is 14.0. The van der Waals surface area contributed by atoms with Crippen molar-refractivity contribution >= 4 is 28.1 Å². The Morgan fingerprint density at radius 3 is 2.48 bits per heavy atom. The molecule has 0 bridgehead atoms. The third-order valence-electron chi connectivity index (χ3n) is 4.94. The van der Waals surface area contributed by atoms with E-state index in [0.717, 1.165) is 48.5 Å². The number of hydrazone groups is 1. The lowest BCUT2D eigenvalue weighted by Crippen LogP contribution is -2.48. The Bertz CT molecular complexity index is 846. The van der Waals surface area contributed by atoms with Gasteiger partial charge >= 0.3 is 0 Å². The molecule has 0 aromatic heterocycles. The fourth-order valence-electron chi connectivity index (χ4n) is 3.24. The molecule has 1 N–H and O–H groups in total. The zero-order valence-corrected chi connectivity index (χ0v) is 18.5. The largest absolute Gasteiger partial charge is 0.496 e. The molecule has 2 aromatic rings. The third-order valence-corrected chi connectivity index (χ3v) is 5.56. The smallest absolute Gasteiger partial charge is 0.254 e. The van der Waals surface area contributed by atoms with Gasteiger partial charge in [-0.2, -0.15) is 5.10 Å². The highest BCUT2D eigenvalue weighted by molar-refractivity contribution is 9.10. The maximum absolute atomic E-state index is 12.2. The Balaban J connectivity index is 1.39. The van der Waals surface area contributed by atoms with Gasteiger partial charge in [-0.3, -0.25) is 14.6 Å². The molecule has 3 rings (SSSR count). The van der Waals surface area contributed by atoms with Gasteiger partial charge in [-0.05, 0) is 52.2 Å². The zero-order valence-electron chi connectivity index (χ0n) is 16.9. The summed E-state index contributed by atoms with van der Waals surface area (Å²) in [4.78, 5) is 16.8. The molecule has 1 amide bonds. The number of carbonyl (C=O) groups is 1. The molecule has 2 aromatic carbocycles. The minimum absolute atomic E-state index is 0.0965. The summed E-state index contributed by atoms with van der Waals surface area (Å²) in [5.74, 6) is 0.661. The molecule has 29 heavy (non-hydrogen) atoms. The van der Waals surface area contributed by atoms with Crippen LogP contribution in [0.3, 0.4) is 0 Å². The van der Waals surface area contributed by atoms with Gasteiger partial charge in [-0.15, -0.1) is 0 Å². The van der Waals surface area contributed by atoms with Crippen molar-refractivity contribution in [2.24, 2.45) is 5.10 Å². The van der Waals surface area contributed by atoms with Gasteiger partial charge in [-0.1, -0.05) is 29.8 Å². The lowest BCUT2D eigenvalue weighted by Gasteiger charge is -2.34. The van der Waals surface area contributed by atoms with Gasteiger partial charge in [-0.25, -0.2) is 5.43 Å². The van der Waals surface area contributed by atoms with Gasteiger partial charge in [0.1, 0.15) is 5.75 Å². The average Bonchev–Trinajstić information content (AvgIpc) is 2.71. The number of amides is 1. The van der Waals surface area contributed by atoms with Crippen LogP contribution in [0.1, 0.15) is 16.7 Å². The Labute approximate surface area is 180 Å². The van der Waals surface area contributed by atoms with E-state index in [-0.39, 0.29) is 5.91 Å². The summed E-state index contributed by atoms with van der Waals surface area (Å²) in [5.41, 5.74) is 6.11. The zero-order chi connectivity index (χ0) is 20.6. The van der Waals surface area contributed by atoms with E-state index in [1.54, 1.807) is 13.3 Å². The normalized spacial score (nSPS) is 15.6. The average molecular weight is 459 g/mol. The number of halogens is 1. The SMILES string of the molecule is COc1ccc(/C=N/NC(=O)CN2CCN(Cc3ccc(C)cc3)CC2)cc1Br. The summed E-state index contributed by atoms with van der Waals surface area (Å²) in [6.07, 6.45) is 1.63. The second kappa shape index (κ2) is 10.5. The van der Waals surface area contributed by atoms with Crippen molar-refractivity contribution in [1.29, 1.82) is 0 Å². The maximum Gasteiger partial charge on any atom is 0.254 e. The van der Waals surface area contributed by atoms with Crippen molar-refractivity contribution < 1.29 is 9.53 Å². The van der Waals surface area contributed by atoms with Gasteiger partial charge in [0, 0.05) is 32.7 Å². The van der Waals surface area contributed by atoms with Crippen molar-refractivity contribution in [1.82, 2.24) is 15.2 Å². The number of aryl methyl sites for hydroxylation is 1. The number of nitrogens with zero attached hydrogens (tertiary/aromatic N) is 3. The van der Waals surface area contributed by atoms with Gasteiger partial charge < -0.3 is 4.74 Å². The molecule has 0 aliphatic carbocycles. The van der Waals surface area contributed by atoms with Crippen molar-refractivity contribution in [2.75, 3.05) is 39.8 Å². The molecular weight excluding hydrogens is 432 g/mol. The number of hydrogen-bond donors (Lipinski definition) is 1. The van der Waals surface area contributed by atoms with Gasteiger partial charge in [0.25, 0.3) is 5.91 Å². The summed E-state index contributed by atoms with van der Waals surface area (Å²) in [6, 6.07) is 14.3. The molecule has 6 nitrogen and oxygen atoms in total. The number of rotatable bonds is 7. The second-order valence-electron chi connectivity index (χ2n) is 7.23. The van der Waals surface area contributed by atoms with E-state index in [1.807, 2.05) is 18.2 Å². The predicted molar refractivity (Wildman–Crippen MR) is 119 cm³/mol. The molecule has 7 heteroatoms. The lowest BCUT2D eigenvalue weighted by atomic mass is 10.1. The number of carbonyl (C=O) groups excluding carboxylic acids is 1. The van der Waals surface area contributed by atoms with Crippen LogP contribution in [0.25, 0.3) is 0 Å². The molecule has 0 saturated carbocycles. The molecule has 1 aliphatic rings. The number of hydrogen-bond acceptors (Lipinski definition) is 5. The second-order valence-corrected chi connectivity index (χ2v) is 8.08. The summed E-state index contributed by atoms with van der Waals surface area (Å²) in [7, 11) is 1.62. The molecule has 0 spiro atoms. The fourth-order valence-corrected chi connectivity index (χ4v) is 3.80. The fraction of sp³-hybridized carbons (Fsp3) is 0.364. The van der Waals surface area contributed by atoms with Crippen LogP contribution in [-0.2, 0) is 11.3 Å². The number of nitrogens with one attached hydrogen (secondary N) is 1. The van der Waals surface area contributed by atoms with Crippen LogP contribution in [0.15, 0.2) is 52.0 Å². The van der Waals surface area contributed by atoms with Crippen LogP contribution < -0.4 is 10.2 Å². The Kier molecular flexibility index (Phi) is 7.80. The Morgan fingerprint density at radius 1 is 1.14 bits per heavy atom. The van der Waals surface area contributed by atoms with Crippen LogP contribution in [0.4, 0.5) is 0 Å². The lowest BCUT2D eigenvalue weighted by molar-refractivity contribution is -0.122. The highest BCUT2D eigenvalue weighted by Crippen LogP contribution is 2.24. The standard InChI is InChI=1S/C22H27BrN4O2/c1-17-3-5-18(6-4-17)15-26-9-11-27(12-10-26)16-22(28)25-24-14-19-7-8-21(29-2)20(23)13-19/h3-8,13-14H,9-12,15-16H2,1-2H3,(H,25,28)/b24-14+. The van der Waals surface area contributed by atoms with E-state index in [2.05, 4.69) is 67.4 Å². The molecule has 1 heterocycles. The summed E-state index contributed by atoms with van der Waals surface area (Å²) < 4.78 is 6.05. The van der Waals surface area contributed by atoms with Gasteiger partial charge in [0.2, 0.25) is 0 Å². The van der Waals surface area contributed by atoms with Gasteiger partial charge in [0.05, 0.1) is 24.3 Å². The van der Waals surface area contributed by atoms with Crippen molar-refractivity contribution in [3.05, 3.63) is 63.6 Å². The van der Waals surface area contributed by atoms with Crippen molar-refractivity contribution in [3.8, 4) is 5.75 Å². The monoisotopic (exact) mass is 458 g/mol. The molecular formula is C22H27BrN4O2. The first-order valence-corrected chi connectivity index (χ1v) is 10.5. The van der Waals surface area contributed by atoms with E-state index in [9.17, 15) is 4.79 Å². The van der Waals surface area contributed by atoms with E-state index < -0.39 is 0 Å². The molecule has 1 fully saturated rings. The number of benzene rings is 2. The molecule has 0 atom stereocenters. The van der Waals surface area contributed by atoms with E-state index in [0.29, 0.717) is 6.54 Å². The summed E-state index contributed by atoms with van der Waals surface area (Å²) >= 11 is 3.44. The highest BCUT2D eigenvalue weighted by Gasteiger charge is 2.18. The molecule has 0 unspecified atom stereocenters. The van der Waals surface area contributed by atoms with Crippen LogP contribution in [0.2, 0.25) is 0 Å². The Hall–Kier alpha value is -2.22. The molecule has 0 radical (unpaired) electrons. The number of ether oxygens (including phenoxy) is 1. The van der Waals surface area contributed by atoms with Gasteiger partial charge in [0.15, 0.2) is 0 Å². The highest BCUT2D eigenvalue weighted by atomic mass is 79.9. The Morgan fingerprint density at radius 2 is 1.83 bits per heavy atom.